The highest BCUT2D eigenvalue weighted by Crippen LogP contribution is 2.20. The molecule has 2 rings (SSSR count). The van der Waals surface area contributed by atoms with Gasteiger partial charge in [-0.2, -0.15) is 0 Å². The summed E-state index contributed by atoms with van der Waals surface area (Å²) < 4.78 is 4.95. The van der Waals surface area contributed by atoms with Crippen molar-refractivity contribution in [3.8, 4) is 0 Å². The van der Waals surface area contributed by atoms with E-state index in [0.29, 0.717) is 5.69 Å². The number of nitrogens with two attached hydrogens (primary N) is 1. The molecule has 1 aliphatic rings. The lowest BCUT2D eigenvalue weighted by Crippen LogP contribution is -2.64. The Hall–Kier alpha value is -1.71. The number of hydrogen-bond acceptors (Lipinski definition) is 7. The average Bonchev–Trinajstić information content (AvgIpc) is 2.47. The van der Waals surface area contributed by atoms with E-state index >= 15 is 0 Å². The van der Waals surface area contributed by atoms with E-state index in [1.165, 1.54) is 12.1 Å². The van der Waals surface area contributed by atoms with Gasteiger partial charge in [0.25, 0.3) is 5.91 Å². The van der Waals surface area contributed by atoms with E-state index in [1.54, 1.807) is 12.1 Å². The lowest BCUT2D eigenvalue weighted by Gasteiger charge is -2.40. The number of benzene rings is 1. The molecule has 0 radical (unpaired) electrons. The molecule has 1 fully saturated rings. The second-order valence-electron chi connectivity index (χ2n) is 4.85. The SMILES string of the molecule is Nc1cccc(C(=O)N[C@H]2C(O)O[C@H](CO)[C@@H](O)[C@@H]2O)c1. The summed E-state index contributed by atoms with van der Waals surface area (Å²) in [5.41, 5.74) is 6.21. The molecule has 1 amide bonds. The lowest BCUT2D eigenvalue weighted by molar-refractivity contribution is -0.252. The molecule has 5 atom stereocenters. The molecule has 1 aliphatic heterocycles. The predicted molar refractivity (Wildman–Crippen MR) is 72.1 cm³/mol. The first-order chi connectivity index (χ1) is 9.93. The Balaban J connectivity index is 2.09. The molecule has 21 heavy (non-hydrogen) atoms. The van der Waals surface area contributed by atoms with Crippen LogP contribution >= 0.6 is 0 Å². The number of aliphatic hydroxyl groups excluding tert-OH is 4. The molecule has 7 N–H and O–H groups in total. The summed E-state index contributed by atoms with van der Waals surface area (Å²) in [6.45, 7) is -0.564. The van der Waals surface area contributed by atoms with Gasteiger partial charge in [0.05, 0.1) is 6.61 Å². The molecule has 0 spiro atoms. The molecular formula is C13H18N2O6. The molecule has 1 heterocycles. The van der Waals surface area contributed by atoms with Gasteiger partial charge in [-0.15, -0.1) is 0 Å². The van der Waals surface area contributed by atoms with E-state index in [-0.39, 0.29) is 5.56 Å². The standard InChI is InChI=1S/C13H18N2O6/c14-7-3-1-2-6(4-7)12(19)15-9-11(18)10(17)8(5-16)21-13(9)20/h1-4,8-11,13,16-18,20H,5,14H2,(H,15,19)/t8-,9-,10-,11-,13?/m1/s1. The van der Waals surface area contributed by atoms with E-state index in [9.17, 15) is 20.1 Å². The van der Waals surface area contributed by atoms with E-state index in [1.807, 2.05) is 0 Å². The van der Waals surface area contributed by atoms with Crippen LogP contribution in [0.3, 0.4) is 0 Å². The zero-order valence-corrected chi connectivity index (χ0v) is 11.1. The van der Waals surface area contributed by atoms with Crippen molar-refractivity contribution >= 4 is 11.6 Å². The van der Waals surface area contributed by atoms with Gasteiger partial charge >= 0.3 is 0 Å². The van der Waals surface area contributed by atoms with E-state index in [4.69, 9.17) is 15.6 Å². The van der Waals surface area contributed by atoms with Gasteiger partial charge in [0.1, 0.15) is 24.4 Å². The number of nitrogens with one attached hydrogen (secondary N) is 1. The van der Waals surface area contributed by atoms with Gasteiger partial charge in [0, 0.05) is 11.3 Å². The summed E-state index contributed by atoms with van der Waals surface area (Å²) in [6.07, 6.45) is -5.57. The van der Waals surface area contributed by atoms with Crippen LogP contribution in [0.2, 0.25) is 0 Å². The molecule has 1 unspecified atom stereocenters. The Morgan fingerprint density at radius 1 is 1.29 bits per heavy atom. The van der Waals surface area contributed by atoms with Crippen LogP contribution < -0.4 is 11.1 Å². The number of carbonyl (C=O) groups excluding carboxylic acids is 1. The highest BCUT2D eigenvalue weighted by Gasteiger charge is 2.44. The summed E-state index contributed by atoms with van der Waals surface area (Å²) in [6, 6.07) is 4.92. The maximum atomic E-state index is 12.0. The number of hydrogen-bond donors (Lipinski definition) is 6. The van der Waals surface area contributed by atoms with Gasteiger partial charge in [-0.05, 0) is 18.2 Å². The lowest BCUT2D eigenvalue weighted by atomic mass is 9.97. The fourth-order valence-corrected chi connectivity index (χ4v) is 2.17. The molecule has 0 aromatic heterocycles. The van der Waals surface area contributed by atoms with Crippen LogP contribution in [-0.2, 0) is 4.74 Å². The van der Waals surface area contributed by atoms with Crippen LogP contribution in [0, 0.1) is 0 Å². The molecule has 1 saturated heterocycles. The first kappa shape index (κ1) is 15.7. The average molecular weight is 298 g/mol. The Morgan fingerprint density at radius 2 is 2.00 bits per heavy atom. The van der Waals surface area contributed by atoms with Crippen molar-refractivity contribution in [3.05, 3.63) is 29.8 Å². The van der Waals surface area contributed by atoms with Crippen molar-refractivity contribution < 1.29 is 30.0 Å². The van der Waals surface area contributed by atoms with Crippen molar-refractivity contribution in [3.63, 3.8) is 0 Å². The molecule has 116 valence electrons. The van der Waals surface area contributed by atoms with Crippen LogP contribution in [-0.4, -0.2) is 63.6 Å². The summed E-state index contributed by atoms with van der Waals surface area (Å²) in [7, 11) is 0. The van der Waals surface area contributed by atoms with Crippen molar-refractivity contribution in [2.45, 2.75) is 30.6 Å². The second-order valence-corrected chi connectivity index (χ2v) is 4.85. The molecule has 0 bridgehead atoms. The third-order valence-corrected chi connectivity index (χ3v) is 3.35. The van der Waals surface area contributed by atoms with Crippen LogP contribution in [0.4, 0.5) is 5.69 Å². The van der Waals surface area contributed by atoms with Gasteiger partial charge in [-0.1, -0.05) is 6.07 Å². The predicted octanol–water partition coefficient (Wildman–Crippen LogP) is -2.20. The third kappa shape index (κ3) is 3.31. The Labute approximate surface area is 120 Å². The summed E-state index contributed by atoms with van der Waals surface area (Å²) in [4.78, 5) is 12.0. The number of rotatable bonds is 3. The molecule has 1 aromatic rings. The number of nitrogen functional groups attached to an aromatic ring is 1. The maximum absolute atomic E-state index is 12.0. The number of carbonyl (C=O) groups is 1. The normalized spacial score (nSPS) is 32.7. The van der Waals surface area contributed by atoms with Crippen molar-refractivity contribution in [1.29, 1.82) is 0 Å². The Bertz CT molecular complexity index is 511. The topological polar surface area (TPSA) is 145 Å². The van der Waals surface area contributed by atoms with Gasteiger partial charge in [0.2, 0.25) is 0 Å². The molecule has 0 aliphatic carbocycles. The molecule has 8 nitrogen and oxygen atoms in total. The van der Waals surface area contributed by atoms with Crippen molar-refractivity contribution in [2.24, 2.45) is 0 Å². The minimum atomic E-state index is -1.55. The highest BCUT2D eigenvalue weighted by atomic mass is 16.6. The maximum Gasteiger partial charge on any atom is 0.251 e. The zero-order valence-electron chi connectivity index (χ0n) is 11.1. The third-order valence-electron chi connectivity index (χ3n) is 3.35. The number of aliphatic hydroxyl groups is 4. The summed E-state index contributed by atoms with van der Waals surface area (Å²) in [5, 5.41) is 40.8. The van der Waals surface area contributed by atoms with E-state index in [0.717, 1.165) is 0 Å². The fraction of sp³-hybridized carbons (Fsp3) is 0.462. The summed E-state index contributed by atoms with van der Waals surface area (Å²) in [5.74, 6) is -0.580. The van der Waals surface area contributed by atoms with Gasteiger partial charge in [-0.25, -0.2) is 0 Å². The Morgan fingerprint density at radius 3 is 2.62 bits per heavy atom. The van der Waals surface area contributed by atoms with E-state index in [2.05, 4.69) is 5.32 Å². The number of amides is 1. The zero-order chi connectivity index (χ0) is 15.6. The quantitative estimate of drug-likeness (QED) is 0.347. The monoisotopic (exact) mass is 298 g/mol. The van der Waals surface area contributed by atoms with Crippen molar-refractivity contribution in [2.75, 3.05) is 12.3 Å². The van der Waals surface area contributed by atoms with Crippen LogP contribution in [0.15, 0.2) is 24.3 Å². The van der Waals surface area contributed by atoms with Crippen LogP contribution in [0.1, 0.15) is 10.4 Å². The first-order valence-corrected chi connectivity index (χ1v) is 6.41. The molecule has 0 saturated carbocycles. The van der Waals surface area contributed by atoms with Gasteiger partial charge < -0.3 is 36.2 Å². The van der Waals surface area contributed by atoms with Gasteiger partial charge in [0.15, 0.2) is 6.29 Å². The van der Waals surface area contributed by atoms with E-state index < -0.39 is 43.2 Å². The summed E-state index contributed by atoms with van der Waals surface area (Å²) >= 11 is 0. The smallest absolute Gasteiger partial charge is 0.251 e. The number of anilines is 1. The minimum absolute atomic E-state index is 0.244. The molecule has 1 aromatic carbocycles. The minimum Gasteiger partial charge on any atom is -0.399 e. The van der Waals surface area contributed by atoms with Crippen LogP contribution in [0.25, 0.3) is 0 Å². The molecule has 8 heteroatoms. The van der Waals surface area contributed by atoms with Gasteiger partial charge in [-0.3, -0.25) is 4.79 Å². The molecular weight excluding hydrogens is 280 g/mol. The number of ether oxygens (including phenoxy) is 1. The highest BCUT2D eigenvalue weighted by molar-refractivity contribution is 5.95. The Kier molecular flexibility index (Phi) is 4.76. The van der Waals surface area contributed by atoms with Crippen molar-refractivity contribution in [1.82, 2.24) is 5.32 Å². The second kappa shape index (κ2) is 6.37. The fourth-order valence-electron chi connectivity index (χ4n) is 2.17. The van der Waals surface area contributed by atoms with Crippen LogP contribution in [0.5, 0.6) is 0 Å². The first-order valence-electron chi connectivity index (χ1n) is 6.41. The largest absolute Gasteiger partial charge is 0.399 e.